The van der Waals surface area contributed by atoms with Gasteiger partial charge >= 0.3 is 12.1 Å². The van der Waals surface area contributed by atoms with Gasteiger partial charge in [0.1, 0.15) is 0 Å². The molecule has 5 nitrogen and oxygen atoms in total. The second kappa shape index (κ2) is 6.06. The van der Waals surface area contributed by atoms with Crippen LogP contribution >= 0.6 is 0 Å². The number of piperazine rings is 1. The van der Waals surface area contributed by atoms with E-state index in [1.807, 2.05) is 4.90 Å². The maximum Gasteiger partial charge on any atom is 0.490 e. The third kappa shape index (κ3) is 3.80. The van der Waals surface area contributed by atoms with Crippen molar-refractivity contribution in [3.63, 3.8) is 0 Å². The van der Waals surface area contributed by atoms with Crippen molar-refractivity contribution in [3.05, 3.63) is 0 Å². The van der Waals surface area contributed by atoms with Crippen LogP contribution in [0.15, 0.2) is 0 Å². The smallest absolute Gasteiger partial charge is 0.438 e. The van der Waals surface area contributed by atoms with Crippen molar-refractivity contribution in [2.24, 2.45) is 0 Å². The first-order chi connectivity index (χ1) is 8.98. The highest BCUT2D eigenvalue weighted by Gasteiger charge is 2.44. The molecule has 0 aromatic heterocycles. The predicted octanol–water partition coefficient (Wildman–Crippen LogP) is 0.502. The minimum Gasteiger partial charge on any atom is -0.438 e. The van der Waals surface area contributed by atoms with E-state index >= 15 is 0 Å². The quantitative estimate of drug-likeness (QED) is 0.748. The molecule has 0 saturated carbocycles. The molecule has 0 aromatic carbocycles. The summed E-state index contributed by atoms with van der Waals surface area (Å²) in [5, 5.41) is 2.94. The van der Waals surface area contributed by atoms with Crippen LogP contribution in [0, 0.1) is 0 Å². The lowest BCUT2D eigenvalue weighted by Crippen LogP contribution is -2.58. The Hall–Kier alpha value is -0.860. The van der Waals surface area contributed by atoms with Crippen LogP contribution in [0.3, 0.4) is 0 Å². The number of rotatable bonds is 2. The molecule has 0 aliphatic carbocycles. The SMILES string of the molecule is O=C(OC1CNCCN1C1CCOCC1)C(F)(F)F. The van der Waals surface area contributed by atoms with Gasteiger partial charge in [0.25, 0.3) is 0 Å². The van der Waals surface area contributed by atoms with Gasteiger partial charge in [-0.25, -0.2) is 4.79 Å². The van der Waals surface area contributed by atoms with E-state index in [9.17, 15) is 18.0 Å². The number of esters is 1. The van der Waals surface area contributed by atoms with Crippen molar-refractivity contribution < 1.29 is 27.4 Å². The summed E-state index contributed by atoms with van der Waals surface area (Å²) in [6, 6.07) is 0.113. The van der Waals surface area contributed by atoms with Gasteiger partial charge in [0, 0.05) is 38.9 Å². The van der Waals surface area contributed by atoms with E-state index in [1.165, 1.54) is 0 Å². The van der Waals surface area contributed by atoms with Crippen LogP contribution in [0.2, 0.25) is 0 Å². The van der Waals surface area contributed by atoms with Crippen LogP contribution < -0.4 is 5.32 Å². The minimum atomic E-state index is -4.95. The summed E-state index contributed by atoms with van der Waals surface area (Å²) in [4.78, 5) is 12.8. The second-order valence-electron chi connectivity index (χ2n) is 4.64. The lowest BCUT2D eigenvalue weighted by molar-refractivity contribution is -0.216. The largest absolute Gasteiger partial charge is 0.490 e. The molecular formula is C11H17F3N2O3. The Morgan fingerprint density at radius 1 is 1.32 bits per heavy atom. The minimum absolute atomic E-state index is 0.113. The predicted molar refractivity (Wildman–Crippen MR) is 59.4 cm³/mol. The van der Waals surface area contributed by atoms with Crippen LogP contribution in [0.4, 0.5) is 13.2 Å². The zero-order valence-corrected chi connectivity index (χ0v) is 10.4. The molecule has 0 bridgehead atoms. The molecule has 2 heterocycles. The van der Waals surface area contributed by atoms with Gasteiger partial charge in [-0.1, -0.05) is 0 Å². The number of alkyl halides is 3. The van der Waals surface area contributed by atoms with E-state index in [2.05, 4.69) is 10.1 Å². The highest BCUT2D eigenvalue weighted by atomic mass is 19.4. The molecule has 0 aromatic rings. The Bertz CT molecular complexity index is 319. The fourth-order valence-corrected chi connectivity index (χ4v) is 2.43. The van der Waals surface area contributed by atoms with Crippen LogP contribution in [0.25, 0.3) is 0 Å². The Balaban J connectivity index is 1.97. The number of nitrogens with one attached hydrogen (secondary N) is 1. The summed E-state index contributed by atoms with van der Waals surface area (Å²) in [6.45, 7) is 2.65. The van der Waals surface area contributed by atoms with Crippen molar-refractivity contribution in [2.75, 3.05) is 32.8 Å². The Labute approximate surface area is 109 Å². The van der Waals surface area contributed by atoms with Gasteiger partial charge in [-0.2, -0.15) is 13.2 Å². The highest BCUT2D eigenvalue weighted by Crippen LogP contribution is 2.22. The number of halogens is 3. The van der Waals surface area contributed by atoms with Gasteiger partial charge in [-0.15, -0.1) is 0 Å². The fourth-order valence-electron chi connectivity index (χ4n) is 2.43. The van der Waals surface area contributed by atoms with Crippen LogP contribution in [-0.2, 0) is 14.3 Å². The molecule has 0 spiro atoms. The number of hydrogen-bond donors (Lipinski definition) is 1. The van der Waals surface area contributed by atoms with Crippen molar-refractivity contribution in [3.8, 4) is 0 Å². The summed E-state index contributed by atoms with van der Waals surface area (Å²) in [5.74, 6) is -2.13. The second-order valence-corrected chi connectivity index (χ2v) is 4.64. The van der Waals surface area contributed by atoms with Gasteiger partial charge in [0.05, 0.1) is 0 Å². The lowest BCUT2D eigenvalue weighted by Gasteiger charge is -2.41. The average molecular weight is 282 g/mol. The van der Waals surface area contributed by atoms with Crippen LogP contribution in [-0.4, -0.2) is 62.2 Å². The van der Waals surface area contributed by atoms with Gasteiger partial charge in [0.2, 0.25) is 0 Å². The molecule has 8 heteroatoms. The third-order valence-electron chi connectivity index (χ3n) is 3.37. The molecule has 2 aliphatic heterocycles. The van der Waals surface area contributed by atoms with Crippen LogP contribution in [0.5, 0.6) is 0 Å². The molecule has 1 N–H and O–H groups in total. The Kier molecular flexibility index (Phi) is 4.64. The zero-order valence-electron chi connectivity index (χ0n) is 10.4. The van der Waals surface area contributed by atoms with Crippen molar-refractivity contribution in [1.82, 2.24) is 10.2 Å². The van der Waals surface area contributed by atoms with E-state index < -0.39 is 18.4 Å². The summed E-state index contributed by atoms with van der Waals surface area (Å²) in [5.41, 5.74) is 0. The molecule has 0 radical (unpaired) electrons. The first-order valence-corrected chi connectivity index (χ1v) is 6.30. The zero-order chi connectivity index (χ0) is 13.9. The summed E-state index contributed by atoms with van der Waals surface area (Å²) in [6.07, 6.45) is -4.30. The number of carbonyl (C=O) groups is 1. The third-order valence-corrected chi connectivity index (χ3v) is 3.37. The average Bonchev–Trinajstić information content (AvgIpc) is 2.39. The molecule has 2 saturated heterocycles. The summed E-state index contributed by atoms with van der Waals surface area (Å²) in [7, 11) is 0. The van der Waals surface area contributed by atoms with Gasteiger partial charge in [-0.05, 0) is 12.8 Å². The normalized spacial score (nSPS) is 27.2. The Morgan fingerprint density at radius 2 is 2.00 bits per heavy atom. The van der Waals surface area contributed by atoms with Crippen molar-refractivity contribution in [1.29, 1.82) is 0 Å². The Morgan fingerprint density at radius 3 is 2.63 bits per heavy atom. The monoisotopic (exact) mass is 282 g/mol. The molecule has 2 rings (SSSR count). The lowest BCUT2D eigenvalue weighted by atomic mass is 10.1. The van der Waals surface area contributed by atoms with E-state index in [4.69, 9.17) is 4.74 Å². The molecular weight excluding hydrogens is 265 g/mol. The first-order valence-electron chi connectivity index (χ1n) is 6.30. The molecule has 2 fully saturated rings. The van der Waals surface area contributed by atoms with Gasteiger partial charge in [0.15, 0.2) is 6.23 Å². The highest BCUT2D eigenvalue weighted by molar-refractivity contribution is 5.75. The molecule has 0 amide bonds. The van der Waals surface area contributed by atoms with Gasteiger partial charge in [-0.3, -0.25) is 4.90 Å². The number of carbonyl (C=O) groups excluding carboxylic acids is 1. The van der Waals surface area contributed by atoms with Crippen molar-refractivity contribution in [2.45, 2.75) is 31.3 Å². The number of nitrogens with zero attached hydrogens (tertiary/aromatic N) is 1. The molecule has 19 heavy (non-hydrogen) atoms. The fraction of sp³-hybridized carbons (Fsp3) is 0.909. The van der Waals surface area contributed by atoms with E-state index in [0.29, 0.717) is 26.3 Å². The molecule has 2 aliphatic rings. The summed E-state index contributed by atoms with van der Waals surface area (Å²) >= 11 is 0. The van der Waals surface area contributed by atoms with Gasteiger partial charge < -0.3 is 14.8 Å². The molecule has 1 atom stereocenters. The van der Waals surface area contributed by atoms with Crippen LogP contribution in [0.1, 0.15) is 12.8 Å². The molecule has 110 valence electrons. The summed E-state index contributed by atoms with van der Waals surface area (Å²) < 4.78 is 46.5. The maximum absolute atomic E-state index is 12.2. The van der Waals surface area contributed by atoms with E-state index in [0.717, 1.165) is 12.8 Å². The standard InChI is InChI=1S/C11H17F3N2O3/c12-11(13,14)10(17)19-9-7-15-3-4-16(9)8-1-5-18-6-2-8/h8-9,15H,1-7H2. The number of hydrogen-bond acceptors (Lipinski definition) is 5. The molecule has 1 unspecified atom stereocenters. The van der Waals surface area contributed by atoms with E-state index in [-0.39, 0.29) is 12.6 Å². The first kappa shape index (κ1) is 14.5. The van der Waals surface area contributed by atoms with Crippen molar-refractivity contribution >= 4 is 5.97 Å². The topological polar surface area (TPSA) is 50.8 Å². The number of ether oxygens (including phenoxy) is 2. The maximum atomic E-state index is 12.2. The van der Waals surface area contributed by atoms with E-state index in [1.54, 1.807) is 0 Å².